The van der Waals surface area contributed by atoms with Gasteiger partial charge in [-0.3, -0.25) is 19.3 Å². The summed E-state index contributed by atoms with van der Waals surface area (Å²) in [4.78, 5) is 38.6. The molecule has 11 heteroatoms. The molecule has 0 spiro atoms. The Morgan fingerprint density at radius 3 is 2.43 bits per heavy atom. The van der Waals surface area contributed by atoms with Crippen molar-refractivity contribution >= 4 is 61.5 Å². The molecule has 9 nitrogen and oxygen atoms in total. The summed E-state index contributed by atoms with van der Waals surface area (Å²) < 4.78 is 36.9. The minimum Gasteiger partial charge on any atom is -0.490 e. The van der Waals surface area contributed by atoms with Gasteiger partial charge in [-0.2, -0.15) is 8.42 Å². The molecule has 0 atom stereocenters. The normalized spacial score (nSPS) is 14.4. The highest BCUT2D eigenvalue weighted by molar-refractivity contribution is 8.18. The number of amides is 3. The molecule has 1 aliphatic rings. The number of rotatable bonds is 9. The fourth-order valence-corrected chi connectivity index (χ4v) is 6.19. The number of carbonyl (C=O) groups is 3. The lowest BCUT2D eigenvalue weighted by molar-refractivity contribution is -0.123. The molecule has 0 radical (unpaired) electrons. The molecular formula is C31H26N2O7S2. The van der Waals surface area contributed by atoms with E-state index in [0.29, 0.717) is 11.3 Å². The maximum Gasteiger partial charge on any atom is 0.339 e. The standard InChI is InChI=1S/C31H26N2O7S2/c1-3-39-28-17-21(11-16-27(28)40-42(37,38)25-14-12-24(13-15-25)32-20(2)34)18-29-30(35)33(31(36)41-29)19-23-9-6-8-22-7-4-5-10-26(22)23/h4-18H,3,19H2,1-2H3,(H,32,34)/b29-18-. The Bertz CT molecular complexity index is 1830. The van der Waals surface area contributed by atoms with Crippen LogP contribution < -0.4 is 14.2 Å². The molecule has 214 valence electrons. The van der Waals surface area contributed by atoms with Gasteiger partial charge in [0.2, 0.25) is 5.91 Å². The summed E-state index contributed by atoms with van der Waals surface area (Å²) in [7, 11) is -4.22. The van der Waals surface area contributed by atoms with Crippen molar-refractivity contribution in [2.24, 2.45) is 0 Å². The maximum absolute atomic E-state index is 13.2. The fraction of sp³-hybridized carbons (Fsp3) is 0.129. The Morgan fingerprint density at radius 1 is 0.952 bits per heavy atom. The van der Waals surface area contributed by atoms with Crippen molar-refractivity contribution in [2.45, 2.75) is 25.3 Å². The monoisotopic (exact) mass is 602 g/mol. The van der Waals surface area contributed by atoms with E-state index in [-0.39, 0.29) is 45.6 Å². The van der Waals surface area contributed by atoms with Crippen molar-refractivity contribution in [1.29, 1.82) is 0 Å². The fourth-order valence-electron chi connectivity index (χ4n) is 4.41. The van der Waals surface area contributed by atoms with Crippen LogP contribution in [0.4, 0.5) is 10.5 Å². The van der Waals surface area contributed by atoms with Gasteiger partial charge in [0.05, 0.1) is 18.1 Å². The van der Waals surface area contributed by atoms with Gasteiger partial charge >= 0.3 is 10.1 Å². The number of anilines is 1. The van der Waals surface area contributed by atoms with Gasteiger partial charge in [0.1, 0.15) is 4.90 Å². The third kappa shape index (κ3) is 6.32. The third-order valence-corrected chi connectivity index (χ3v) is 8.47. The van der Waals surface area contributed by atoms with Crippen LogP contribution in [0.3, 0.4) is 0 Å². The van der Waals surface area contributed by atoms with Crippen LogP contribution in [0.25, 0.3) is 16.8 Å². The highest BCUT2D eigenvalue weighted by Crippen LogP contribution is 2.37. The van der Waals surface area contributed by atoms with Gasteiger partial charge in [-0.25, -0.2) is 0 Å². The summed E-state index contributed by atoms with van der Waals surface area (Å²) >= 11 is 0.841. The van der Waals surface area contributed by atoms with Gasteiger partial charge in [0, 0.05) is 12.6 Å². The number of nitrogens with one attached hydrogen (secondary N) is 1. The minimum atomic E-state index is -4.22. The van der Waals surface area contributed by atoms with Gasteiger partial charge in [-0.1, -0.05) is 48.5 Å². The molecular weight excluding hydrogens is 576 g/mol. The van der Waals surface area contributed by atoms with Gasteiger partial charge in [-0.15, -0.1) is 0 Å². The number of ether oxygens (including phenoxy) is 1. The largest absolute Gasteiger partial charge is 0.490 e. The molecule has 1 saturated heterocycles. The molecule has 3 amide bonds. The number of thioether (sulfide) groups is 1. The zero-order valence-electron chi connectivity index (χ0n) is 22.7. The van der Waals surface area contributed by atoms with Crippen molar-refractivity contribution in [3.8, 4) is 11.5 Å². The topological polar surface area (TPSA) is 119 Å². The van der Waals surface area contributed by atoms with Crippen LogP contribution in [-0.4, -0.2) is 37.0 Å². The van der Waals surface area contributed by atoms with Crippen LogP contribution in [0.1, 0.15) is 25.0 Å². The van der Waals surface area contributed by atoms with E-state index in [9.17, 15) is 22.8 Å². The number of carbonyl (C=O) groups excluding carboxylic acids is 3. The van der Waals surface area contributed by atoms with Crippen molar-refractivity contribution in [3.05, 3.63) is 101 Å². The number of imide groups is 1. The van der Waals surface area contributed by atoms with E-state index >= 15 is 0 Å². The predicted molar refractivity (Wildman–Crippen MR) is 162 cm³/mol. The number of hydrogen-bond donors (Lipinski definition) is 1. The van der Waals surface area contributed by atoms with Crippen molar-refractivity contribution in [1.82, 2.24) is 4.90 Å². The van der Waals surface area contributed by atoms with Crippen LogP contribution in [0.5, 0.6) is 11.5 Å². The molecule has 5 rings (SSSR count). The van der Waals surface area contributed by atoms with Gasteiger partial charge in [0.25, 0.3) is 11.1 Å². The Kier molecular flexibility index (Phi) is 8.32. The molecule has 42 heavy (non-hydrogen) atoms. The van der Waals surface area contributed by atoms with E-state index in [1.165, 1.54) is 42.2 Å². The van der Waals surface area contributed by atoms with Crippen LogP contribution in [-0.2, 0) is 26.3 Å². The average Bonchev–Trinajstić information content (AvgIpc) is 3.22. The first-order chi connectivity index (χ1) is 20.1. The molecule has 1 N–H and O–H groups in total. The van der Waals surface area contributed by atoms with Crippen molar-refractivity contribution in [2.75, 3.05) is 11.9 Å². The second kappa shape index (κ2) is 12.1. The van der Waals surface area contributed by atoms with E-state index in [2.05, 4.69) is 5.32 Å². The van der Waals surface area contributed by atoms with E-state index < -0.39 is 16.0 Å². The smallest absolute Gasteiger partial charge is 0.339 e. The average molecular weight is 603 g/mol. The van der Waals surface area contributed by atoms with Gasteiger partial charge < -0.3 is 14.2 Å². The van der Waals surface area contributed by atoms with Crippen LogP contribution in [0.2, 0.25) is 0 Å². The molecule has 1 aliphatic heterocycles. The maximum atomic E-state index is 13.2. The zero-order valence-corrected chi connectivity index (χ0v) is 24.3. The second-order valence-electron chi connectivity index (χ2n) is 9.29. The highest BCUT2D eigenvalue weighted by atomic mass is 32.2. The summed E-state index contributed by atoms with van der Waals surface area (Å²) in [5.74, 6) is -0.581. The Labute approximate surface area is 247 Å². The first kappa shape index (κ1) is 28.9. The Balaban J connectivity index is 1.36. The second-order valence-corrected chi connectivity index (χ2v) is 11.8. The van der Waals surface area contributed by atoms with E-state index in [0.717, 1.165) is 28.1 Å². The molecule has 0 saturated carbocycles. The molecule has 0 unspecified atom stereocenters. The lowest BCUT2D eigenvalue weighted by Gasteiger charge is -2.14. The highest BCUT2D eigenvalue weighted by Gasteiger charge is 2.35. The minimum absolute atomic E-state index is 0.0380. The molecule has 0 aliphatic carbocycles. The molecule has 4 aromatic rings. The summed E-state index contributed by atoms with van der Waals surface area (Å²) in [6.07, 6.45) is 1.57. The Hall–Kier alpha value is -4.61. The predicted octanol–water partition coefficient (Wildman–Crippen LogP) is 6.20. The third-order valence-electron chi connectivity index (χ3n) is 6.31. The Morgan fingerprint density at radius 2 is 1.69 bits per heavy atom. The molecule has 0 aromatic heterocycles. The number of fused-ring (bicyclic) bond motifs is 1. The van der Waals surface area contributed by atoms with Crippen LogP contribution in [0.15, 0.2) is 94.7 Å². The zero-order chi connectivity index (χ0) is 29.9. The van der Waals surface area contributed by atoms with Crippen LogP contribution in [0, 0.1) is 0 Å². The first-order valence-electron chi connectivity index (χ1n) is 13.0. The van der Waals surface area contributed by atoms with Gasteiger partial charge in [0.15, 0.2) is 11.5 Å². The van der Waals surface area contributed by atoms with Gasteiger partial charge in [-0.05, 0) is 83.1 Å². The lowest BCUT2D eigenvalue weighted by Crippen LogP contribution is -2.27. The van der Waals surface area contributed by atoms with Crippen LogP contribution >= 0.6 is 11.8 Å². The SMILES string of the molecule is CCOc1cc(/C=C2\SC(=O)N(Cc3cccc4ccccc34)C2=O)ccc1OS(=O)(=O)c1ccc(NC(C)=O)cc1. The summed E-state index contributed by atoms with van der Waals surface area (Å²) in [5.41, 5.74) is 1.84. The van der Waals surface area contributed by atoms with Crippen molar-refractivity contribution in [3.63, 3.8) is 0 Å². The number of nitrogens with zero attached hydrogens (tertiary/aromatic N) is 1. The van der Waals surface area contributed by atoms with Crippen molar-refractivity contribution < 1.29 is 31.7 Å². The molecule has 1 fully saturated rings. The van der Waals surface area contributed by atoms with E-state index in [1.807, 2.05) is 42.5 Å². The van der Waals surface area contributed by atoms with E-state index in [1.54, 1.807) is 25.1 Å². The molecule has 1 heterocycles. The summed E-state index contributed by atoms with van der Waals surface area (Å²) in [6.45, 7) is 3.46. The molecule has 0 bridgehead atoms. The number of benzene rings is 4. The van der Waals surface area contributed by atoms with E-state index in [4.69, 9.17) is 8.92 Å². The molecule has 4 aromatic carbocycles. The summed E-state index contributed by atoms with van der Waals surface area (Å²) in [6, 6.07) is 23.7. The number of hydrogen-bond acceptors (Lipinski definition) is 8. The quantitative estimate of drug-likeness (QED) is 0.178. The summed E-state index contributed by atoms with van der Waals surface area (Å²) in [5, 5.41) is 4.19. The first-order valence-corrected chi connectivity index (χ1v) is 15.2. The lowest BCUT2D eigenvalue weighted by atomic mass is 10.0.